The molecule has 3 nitrogen and oxygen atoms in total. The highest BCUT2D eigenvalue weighted by Crippen LogP contribution is 2.09. The maximum atomic E-state index is 11.7. The molecule has 2 unspecified atom stereocenters. The molecule has 0 aromatic carbocycles. The number of rotatable bonds is 3. The minimum absolute atomic E-state index is 0.0809. The third-order valence-electron chi connectivity index (χ3n) is 2.95. The summed E-state index contributed by atoms with van der Waals surface area (Å²) in [7, 11) is 0. The molecule has 1 rings (SSSR count). The molecule has 0 aromatic rings. The van der Waals surface area contributed by atoms with Gasteiger partial charge in [-0.05, 0) is 39.7 Å². The normalized spacial score (nSPS) is 27.5. The van der Waals surface area contributed by atoms with Crippen molar-refractivity contribution in [1.29, 1.82) is 0 Å². The van der Waals surface area contributed by atoms with Gasteiger partial charge in [0.05, 0.1) is 0 Å². The van der Waals surface area contributed by atoms with E-state index in [1.165, 1.54) is 0 Å². The molecule has 1 aliphatic rings. The molecule has 2 atom stereocenters. The Labute approximate surface area is 92.3 Å². The lowest BCUT2D eigenvalue weighted by atomic mass is 9.99. The average Bonchev–Trinajstić information content (AvgIpc) is 2.21. The highest BCUT2D eigenvalue weighted by atomic mass is 16.1. The fourth-order valence-electron chi connectivity index (χ4n) is 1.92. The van der Waals surface area contributed by atoms with Gasteiger partial charge in [-0.25, -0.2) is 0 Å². The predicted molar refractivity (Wildman–Crippen MR) is 62.7 cm³/mol. The summed E-state index contributed by atoms with van der Waals surface area (Å²) in [5.41, 5.74) is 0.829. The molecule has 0 saturated carbocycles. The SMILES string of the molecule is CC/C=C(/C)C(=O)NC1CCCNC1C. The van der Waals surface area contributed by atoms with E-state index in [1.807, 2.05) is 19.9 Å². The van der Waals surface area contributed by atoms with Crippen LogP contribution in [0.3, 0.4) is 0 Å². The zero-order valence-corrected chi connectivity index (χ0v) is 9.97. The Balaban J connectivity index is 2.46. The van der Waals surface area contributed by atoms with E-state index in [0.717, 1.165) is 31.4 Å². The van der Waals surface area contributed by atoms with Gasteiger partial charge in [0.2, 0.25) is 5.91 Å². The smallest absolute Gasteiger partial charge is 0.246 e. The van der Waals surface area contributed by atoms with Gasteiger partial charge < -0.3 is 10.6 Å². The molecule has 0 spiro atoms. The summed E-state index contributed by atoms with van der Waals surface area (Å²) in [5.74, 6) is 0.0809. The molecular weight excluding hydrogens is 188 g/mol. The quantitative estimate of drug-likeness (QED) is 0.695. The summed E-state index contributed by atoms with van der Waals surface area (Å²) in [6.45, 7) is 7.11. The lowest BCUT2D eigenvalue weighted by Gasteiger charge is -2.30. The van der Waals surface area contributed by atoms with Crippen molar-refractivity contribution in [3.05, 3.63) is 11.6 Å². The van der Waals surface area contributed by atoms with E-state index in [2.05, 4.69) is 17.6 Å². The van der Waals surface area contributed by atoms with Crippen LogP contribution in [-0.2, 0) is 4.79 Å². The van der Waals surface area contributed by atoms with Gasteiger partial charge in [-0.15, -0.1) is 0 Å². The van der Waals surface area contributed by atoms with E-state index in [1.54, 1.807) is 0 Å². The first-order valence-electron chi connectivity index (χ1n) is 5.86. The van der Waals surface area contributed by atoms with Gasteiger partial charge in [0.1, 0.15) is 0 Å². The monoisotopic (exact) mass is 210 g/mol. The van der Waals surface area contributed by atoms with E-state index in [4.69, 9.17) is 0 Å². The van der Waals surface area contributed by atoms with Crippen molar-refractivity contribution in [1.82, 2.24) is 10.6 Å². The molecule has 15 heavy (non-hydrogen) atoms. The second-order valence-electron chi connectivity index (χ2n) is 4.26. The van der Waals surface area contributed by atoms with Crippen molar-refractivity contribution in [2.75, 3.05) is 6.54 Å². The van der Waals surface area contributed by atoms with Crippen LogP contribution in [-0.4, -0.2) is 24.5 Å². The van der Waals surface area contributed by atoms with Crippen LogP contribution in [0.2, 0.25) is 0 Å². The summed E-state index contributed by atoms with van der Waals surface area (Å²) in [5, 5.41) is 6.46. The van der Waals surface area contributed by atoms with Gasteiger partial charge in [0, 0.05) is 17.7 Å². The second-order valence-corrected chi connectivity index (χ2v) is 4.26. The van der Waals surface area contributed by atoms with Gasteiger partial charge in [-0.3, -0.25) is 4.79 Å². The zero-order valence-electron chi connectivity index (χ0n) is 9.97. The highest BCUT2D eigenvalue weighted by molar-refractivity contribution is 5.92. The van der Waals surface area contributed by atoms with Gasteiger partial charge in [-0.1, -0.05) is 13.0 Å². The molecule has 3 heteroatoms. The van der Waals surface area contributed by atoms with Crippen LogP contribution in [0, 0.1) is 0 Å². The fourth-order valence-corrected chi connectivity index (χ4v) is 1.92. The minimum atomic E-state index is 0.0809. The molecule has 0 aromatic heterocycles. The minimum Gasteiger partial charge on any atom is -0.348 e. The Morgan fingerprint density at radius 3 is 2.93 bits per heavy atom. The van der Waals surface area contributed by atoms with Crippen molar-refractivity contribution < 1.29 is 4.79 Å². The molecule has 0 bridgehead atoms. The summed E-state index contributed by atoms with van der Waals surface area (Å²) >= 11 is 0. The van der Waals surface area contributed by atoms with E-state index in [9.17, 15) is 4.79 Å². The predicted octanol–water partition coefficient (Wildman–Crippen LogP) is 1.60. The van der Waals surface area contributed by atoms with Gasteiger partial charge in [-0.2, -0.15) is 0 Å². The molecule has 0 radical (unpaired) electrons. The first-order valence-corrected chi connectivity index (χ1v) is 5.86. The number of carbonyl (C=O) groups is 1. The van der Waals surface area contributed by atoms with Crippen LogP contribution in [0.1, 0.15) is 40.0 Å². The molecule has 1 fully saturated rings. The molecule has 2 N–H and O–H groups in total. The number of amides is 1. The third kappa shape index (κ3) is 3.67. The third-order valence-corrected chi connectivity index (χ3v) is 2.95. The van der Waals surface area contributed by atoms with Crippen molar-refractivity contribution in [2.45, 2.75) is 52.1 Å². The fraction of sp³-hybridized carbons (Fsp3) is 0.750. The summed E-state index contributed by atoms with van der Waals surface area (Å²) in [4.78, 5) is 11.7. The van der Waals surface area contributed by atoms with Crippen LogP contribution in [0.15, 0.2) is 11.6 Å². The van der Waals surface area contributed by atoms with Crippen molar-refractivity contribution in [3.63, 3.8) is 0 Å². The van der Waals surface area contributed by atoms with Crippen molar-refractivity contribution in [2.24, 2.45) is 0 Å². The van der Waals surface area contributed by atoms with E-state index in [0.29, 0.717) is 6.04 Å². The van der Waals surface area contributed by atoms with Gasteiger partial charge >= 0.3 is 0 Å². The number of hydrogen-bond acceptors (Lipinski definition) is 2. The topological polar surface area (TPSA) is 41.1 Å². The number of allylic oxidation sites excluding steroid dienone is 1. The highest BCUT2D eigenvalue weighted by Gasteiger charge is 2.22. The summed E-state index contributed by atoms with van der Waals surface area (Å²) < 4.78 is 0. The largest absolute Gasteiger partial charge is 0.348 e. The van der Waals surface area contributed by atoms with Gasteiger partial charge in [0.15, 0.2) is 0 Å². The lowest BCUT2D eigenvalue weighted by Crippen LogP contribution is -2.52. The average molecular weight is 210 g/mol. The summed E-state index contributed by atoms with van der Waals surface area (Å²) in [6.07, 6.45) is 5.11. The Morgan fingerprint density at radius 2 is 2.33 bits per heavy atom. The maximum Gasteiger partial charge on any atom is 0.246 e. The van der Waals surface area contributed by atoms with E-state index in [-0.39, 0.29) is 11.9 Å². The van der Waals surface area contributed by atoms with Crippen LogP contribution in [0.4, 0.5) is 0 Å². The molecule has 1 heterocycles. The van der Waals surface area contributed by atoms with Gasteiger partial charge in [0.25, 0.3) is 0 Å². The summed E-state index contributed by atoms with van der Waals surface area (Å²) in [6, 6.07) is 0.670. The first-order chi connectivity index (χ1) is 7.15. The lowest BCUT2D eigenvalue weighted by molar-refractivity contribution is -0.118. The van der Waals surface area contributed by atoms with E-state index < -0.39 is 0 Å². The Morgan fingerprint density at radius 1 is 1.60 bits per heavy atom. The number of hydrogen-bond donors (Lipinski definition) is 2. The molecule has 0 aliphatic carbocycles. The van der Waals surface area contributed by atoms with Crippen LogP contribution in [0.5, 0.6) is 0 Å². The second kappa shape index (κ2) is 5.91. The first kappa shape index (κ1) is 12.2. The standard InChI is InChI=1S/C12H22N2O/c1-4-6-9(2)12(15)14-11-7-5-8-13-10(11)3/h6,10-11,13H,4-5,7-8H2,1-3H3,(H,14,15)/b9-6-. The molecule has 86 valence electrons. The number of carbonyl (C=O) groups excluding carboxylic acids is 1. The molecule has 1 amide bonds. The Kier molecular flexibility index (Phi) is 4.82. The zero-order chi connectivity index (χ0) is 11.3. The number of nitrogens with one attached hydrogen (secondary N) is 2. The van der Waals surface area contributed by atoms with Crippen LogP contribution < -0.4 is 10.6 Å². The molecule has 1 aliphatic heterocycles. The molecule has 1 saturated heterocycles. The van der Waals surface area contributed by atoms with Crippen molar-refractivity contribution in [3.8, 4) is 0 Å². The molecular formula is C12H22N2O. The Bertz CT molecular complexity index is 248. The Hall–Kier alpha value is -0.830. The maximum absolute atomic E-state index is 11.7. The van der Waals surface area contributed by atoms with Crippen molar-refractivity contribution >= 4 is 5.91 Å². The number of piperidine rings is 1. The van der Waals surface area contributed by atoms with Crippen LogP contribution >= 0.6 is 0 Å². The van der Waals surface area contributed by atoms with Crippen LogP contribution in [0.25, 0.3) is 0 Å². The van der Waals surface area contributed by atoms with E-state index >= 15 is 0 Å².